The van der Waals surface area contributed by atoms with Crippen LogP contribution in [-0.2, 0) is 6.54 Å². The van der Waals surface area contributed by atoms with Crippen molar-refractivity contribution in [3.05, 3.63) is 94.0 Å². The number of carbonyl (C=O) groups excluding carboxylic acids is 1. The minimum atomic E-state index is 0.0737. The van der Waals surface area contributed by atoms with Gasteiger partial charge in [0.25, 0.3) is 5.91 Å². The van der Waals surface area contributed by atoms with Crippen LogP contribution in [0.5, 0.6) is 0 Å². The number of amides is 1. The molecular formula is C32H34N6O. The smallest absolute Gasteiger partial charge is 0.254 e. The molecule has 7 nitrogen and oxygen atoms in total. The third kappa shape index (κ3) is 5.74. The molecule has 0 aliphatic carbocycles. The van der Waals surface area contributed by atoms with Gasteiger partial charge in [0.1, 0.15) is 12.1 Å². The number of likely N-dealkylation sites (tertiary alicyclic amines) is 1. The van der Waals surface area contributed by atoms with Crippen LogP contribution in [-0.4, -0.2) is 61.0 Å². The minimum Gasteiger partial charge on any atom is -0.379 e. The molecule has 2 saturated heterocycles. The molecule has 1 N–H and O–H groups in total. The number of anilines is 2. The maximum absolute atomic E-state index is 13.6. The molecule has 2 aliphatic rings. The summed E-state index contributed by atoms with van der Waals surface area (Å²) in [5.74, 6) is 0.0737. The van der Waals surface area contributed by atoms with Gasteiger partial charge in [-0.1, -0.05) is 30.3 Å². The molecule has 2 heterocycles. The summed E-state index contributed by atoms with van der Waals surface area (Å²) in [5.41, 5.74) is 7.34. The number of para-hydroxylation sites is 2. The molecule has 5 rings (SSSR count). The molecule has 198 valence electrons. The van der Waals surface area contributed by atoms with Gasteiger partial charge in [0.05, 0.1) is 22.5 Å². The lowest BCUT2D eigenvalue weighted by Gasteiger charge is -2.36. The maximum Gasteiger partial charge on any atom is 0.254 e. The van der Waals surface area contributed by atoms with Crippen molar-refractivity contribution in [2.45, 2.75) is 32.9 Å². The molecule has 2 fully saturated rings. The Morgan fingerprint density at radius 2 is 1.59 bits per heavy atom. The second-order valence-corrected chi connectivity index (χ2v) is 10.5. The Balaban J connectivity index is 1.23. The Bertz CT molecular complexity index is 1440. The highest BCUT2D eigenvalue weighted by molar-refractivity contribution is 5.96. The number of rotatable bonds is 6. The first-order valence-corrected chi connectivity index (χ1v) is 13.6. The van der Waals surface area contributed by atoms with Crippen LogP contribution in [0.4, 0.5) is 11.4 Å². The standard InChI is InChI=1S/C32H34N6O/c1-23-17-24(2)29(32(39)38-12-11-28(22-38)35-30-9-5-3-7-25(30)19-33)18-27(23)21-36-13-15-37(16-14-36)31-10-6-4-8-26(31)20-34/h3-10,17-18,28,35H,11-16,21-22H2,1-2H3. The maximum atomic E-state index is 13.6. The van der Waals surface area contributed by atoms with Crippen LogP contribution in [0.1, 0.15) is 44.6 Å². The molecule has 39 heavy (non-hydrogen) atoms. The zero-order chi connectivity index (χ0) is 27.4. The summed E-state index contributed by atoms with van der Waals surface area (Å²) in [5, 5.41) is 22.3. The summed E-state index contributed by atoms with van der Waals surface area (Å²) in [7, 11) is 0. The molecule has 3 aromatic rings. The number of hydrogen-bond donors (Lipinski definition) is 1. The van der Waals surface area contributed by atoms with Crippen LogP contribution in [0.15, 0.2) is 60.7 Å². The number of piperazine rings is 1. The van der Waals surface area contributed by atoms with Gasteiger partial charge in [-0.2, -0.15) is 10.5 Å². The fourth-order valence-corrected chi connectivity index (χ4v) is 5.69. The van der Waals surface area contributed by atoms with Crippen molar-refractivity contribution in [3.8, 4) is 12.1 Å². The number of hydrogen-bond acceptors (Lipinski definition) is 6. The van der Waals surface area contributed by atoms with Crippen molar-refractivity contribution >= 4 is 17.3 Å². The largest absolute Gasteiger partial charge is 0.379 e. The van der Waals surface area contributed by atoms with E-state index < -0.39 is 0 Å². The number of aryl methyl sites for hydroxylation is 2. The third-order valence-corrected chi connectivity index (χ3v) is 7.93. The summed E-state index contributed by atoms with van der Waals surface area (Å²) in [6.45, 7) is 9.80. The lowest BCUT2D eigenvalue weighted by atomic mass is 9.98. The number of benzene rings is 3. The van der Waals surface area contributed by atoms with Gasteiger partial charge < -0.3 is 15.1 Å². The van der Waals surface area contributed by atoms with E-state index in [4.69, 9.17) is 0 Å². The van der Waals surface area contributed by atoms with Crippen LogP contribution in [0.3, 0.4) is 0 Å². The monoisotopic (exact) mass is 518 g/mol. The highest BCUT2D eigenvalue weighted by Gasteiger charge is 2.29. The first-order valence-electron chi connectivity index (χ1n) is 13.6. The van der Waals surface area contributed by atoms with Gasteiger partial charge in [0.2, 0.25) is 0 Å². The molecule has 0 spiro atoms. The summed E-state index contributed by atoms with van der Waals surface area (Å²) in [6, 6.07) is 24.2. The fraction of sp³-hybridized carbons (Fsp3) is 0.344. The van der Waals surface area contributed by atoms with Gasteiger partial charge in [0, 0.05) is 57.4 Å². The van der Waals surface area contributed by atoms with Crippen LogP contribution in [0.25, 0.3) is 0 Å². The number of nitriles is 2. The SMILES string of the molecule is Cc1cc(C)c(C(=O)N2CCC(Nc3ccccc3C#N)C2)cc1CN1CCN(c2ccccc2C#N)CC1. The highest BCUT2D eigenvalue weighted by Crippen LogP contribution is 2.25. The molecular weight excluding hydrogens is 484 g/mol. The predicted molar refractivity (Wildman–Crippen MR) is 154 cm³/mol. The summed E-state index contributed by atoms with van der Waals surface area (Å²) < 4.78 is 0. The molecule has 1 unspecified atom stereocenters. The Hall–Kier alpha value is -4.33. The van der Waals surface area contributed by atoms with Gasteiger partial charge in [-0.15, -0.1) is 0 Å². The quantitative estimate of drug-likeness (QED) is 0.509. The lowest BCUT2D eigenvalue weighted by molar-refractivity contribution is 0.0790. The van der Waals surface area contributed by atoms with E-state index in [1.165, 1.54) is 11.1 Å². The average Bonchev–Trinajstić information content (AvgIpc) is 3.43. The molecule has 0 bridgehead atoms. The second kappa shape index (κ2) is 11.6. The van der Waals surface area contributed by atoms with Gasteiger partial charge in [0.15, 0.2) is 0 Å². The Kier molecular flexibility index (Phi) is 7.81. The van der Waals surface area contributed by atoms with Crippen molar-refractivity contribution in [2.75, 3.05) is 49.5 Å². The van der Waals surface area contributed by atoms with Crippen molar-refractivity contribution < 1.29 is 4.79 Å². The van der Waals surface area contributed by atoms with Gasteiger partial charge in [-0.25, -0.2) is 0 Å². The normalized spacial score (nSPS) is 17.5. The van der Waals surface area contributed by atoms with E-state index in [1.54, 1.807) is 0 Å². The Morgan fingerprint density at radius 1 is 0.897 bits per heavy atom. The summed E-state index contributed by atoms with van der Waals surface area (Å²) >= 11 is 0. The van der Waals surface area contributed by atoms with Crippen molar-refractivity contribution in [1.29, 1.82) is 10.5 Å². The number of nitrogens with one attached hydrogen (secondary N) is 1. The average molecular weight is 519 g/mol. The van der Waals surface area contributed by atoms with E-state index in [-0.39, 0.29) is 11.9 Å². The van der Waals surface area contributed by atoms with Crippen LogP contribution in [0.2, 0.25) is 0 Å². The van der Waals surface area contributed by atoms with Crippen molar-refractivity contribution in [1.82, 2.24) is 9.80 Å². The third-order valence-electron chi connectivity index (χ3n) is 7.93. The van der Waals surface area contributed by atoms with Crippen molar-refractivity contribution in [2.24, 2.45) is 0 Å². The minimum absolute atomic E-state index is 0.0737. The second-order valence-electron chi connectivity index (χ2n) is 10.5. The zero-order valence-electron chi connectivity index (χ0n) is 22.7. The van der Waals surface area contributed by atoms with Gasteiger partial charge in [-0.3, -0.25) is 9.69 Å². The Labute approximate surface area is 230 Å². The van der Waals surface area contributed by atoms with E-state index in [0.29, 0.717) is 18.7 Å². The van der Waals surface area contributed by atoms with Crippen LogP contribution >= 0.6 is 0 Å². The molecule has 0 saturated carbocycles. The summed E-state index contributed by atoms with van der Waals surface area (Å²) in [6.07, 6.45) is 0.850. The van der Waals surface area contributed by atoms with Gasteiger partial charge in [-0.05, 0) is 67.3 Å². The molecule has 1 amide bonds. The van der Waals surface area contributed by atoms with E-state index in [2.05, 4.69) is 46.3 Å². The molecule has 0 aromatic heterocycles. The van der Waals surface area contributed by atoms with E-state index in [0.717, 1.165) is 67.2 Å². The van der Waals surface area contributed by atoms with E-state index in [9.17, 15) is 15.3 Å². The highest BCUT2D eigenvalue weighted by atomic mass is 16.2. The first kappa shape index (κ1) is 26.3. The number of nitrogens with zero attached hydrogens (tertiary/aromatic N) is 5. The molecule has 1 atom stereocenters. The predicted octanol–water partition coefficient (Wildman–Crippen LogP) is 4.70. The van der Waals surface area contributed by atoms with E-state index in [1.807, 2.05) is 60.4 Å². The van der Waals surface area contributed by atoms with Gasteiger partial charge >= 0.3 is 0 Å². The Morgan fingerprint density at radius 3 is 2.33 bits per heavy atom. The first-order chi connectivity index (χ1) is 19.0. The molecule has 3 aromatic carbocycles. The fourth-order valence-electron chi connectivity index (χ4n) is 5.69. The topological polar surface area (TPSA) is 86.4 Å². The van der Waals surface area contributed by atoms with Crippen LogP contribution < -0.4 is 10.2 Å². The molecule has 0 radical (unpaired) electrons. The zero-order valence-corrected chi connectivity index (χ0v) is 22.7. The number of carbonyl (C=O) groups is 1. The lowest BCUT2D eigenvalue weighted by Crippen LogP contribution is -2.46. The van der Waals surface area contributed by atoms with Crippen LogP contribution in [0, 0.1) is 36.5 Å². The molecule has 7 heteroatoms. The summed E-state index contributed by atoms with van der Waals surface area (Å²) in [4.78, 5) is 20.3. The molecule has 2 aliphatic heterocycles. The van der Waals surface area contributed by atoms with Crippen molar-refractivity contribution in [3.63, 3.8) is 0 Å². The van der Waals surface area contributed by atoms with E-state index >= 15 is 0 Å².